The maximum Gasteiger partial charge on any atom is 0.306 e. The largest absolute Gasteiger partial charge is 0.456 e. The summed E-state index contributed by atoms with van der Waals surface area (Å²) in [7, 11) is 0. The van der Waals surface area contributed by atoms with Crippen molar-refractivity contribution in [2.45, 2.75) is 25.8 Å². The molecule has 0 saturated carbocycles. The van der Waals surface area contributed by atoms with Gasteiger partial charge in [-0.1, -0.05) is 53.5 Å². The lowest BCUT2D eigenvalue weighted by Gasteiger charge is -2.14. The second-order valence-electron chi connectivity index (χ2n) is 6.03. The molecule has 0 aromatic heterocycles. The van der Waals surface area contributed by atoms with E-state index < -0.39 is 24.4 Å². The van der Waals surface area contributed by atoms with Crippen LogP contribution in [0.4, 0.5) is 5.69 Å². The maximum atomic E-state index is 11.9. The Hall–Kier alpha value is -2.57. The summed E-state index contributed by atoms with van der Waals surface area (Å²) in [6, 6.07) is 13.9. The minimum atomic E-state index is -0.639. The zero-order chi connectivity index (χ0) is 20.5. The fourth-order valence-corrected chi connectivity index (χ4v) is 2.80. The summed E-state index contributed by atoms with van der Waals surface area (Å²) < 4.78 is 4.91. The number of halogens is 2. The van der Waals surface area contributed by atoms with Crippen molar-refractivity contribution in [2.24, 2.45) is 0 Å². The van der Waals surface area contributed by atoms with Crippen LogP contribution in [0.2, 0.25) is 10.0 Å². The Labute approximate surface area is 173 Å². The van der Waals surface area contributed by atoms with Gasteiger partial charge in [-0.05, 0) is 30.7 Å². The zero-order valence-corrected chi connectivity index (χ0v) is 16.7. The molecular formula is C20H20Cl2N2O4. The lowest BCUT2D eigenvalue weighted by molar-refractivity contribution is -0.149. The molecule has 0 radical (unpaired) electrons. The van der Waals surface area contributed by atoms with Crippen molar-refractivity contribution < 1.29 is 19.1 Å². The molecule has 0 aliphatic heterocycles. The molecule has 0 spiro atoms. The molecular weight excluding hydrogens is 403 g/mol. The van der Waals surface area contributed by atoms with E-state index in [1.54, 1.807) is 12.1 Å². The topological polar surface area (TPSA) is 84.5 Å². The number of carbonyl (C=O) groups excluding carboxylic acids is 3. The number of carbonyl (C=O) groups is 3. The number of hydrogen-bond acceptors (Lipinski definition) is 4. The van der Waals surface area contributed by atoms with E-state index in [0.29, 0.717) is 15.7 Å². The number of rotatable bonds is 8. The molecule has 28 heavy (non-hydrogen) atoms. The van der Waals surface area contributed by atoms with Crippen molar-refractivity contribution in [3.8, 4) is 0 Å². The molecule has 0 unspecified atom stereocenters. The first-order valence-electron chi connectivity index (χ1n) is 8.60. The first-order valence-corrected chi connectivity index (χ1v) is 9.35. The Kier molecular flexibility index (Phi) is 8.29. The number of anilines is 1. The van der Waals surface area contributed by atoms with E-state index in [1.165, 1.54) is 6.07 Å². The van der Waals surface area contributed by atoms with Crippen molar-refractivity contribution in [1.82, 2.24) is 5.32 Å². The third-order valence-electron chi connectivity index (χ3n) is 3.80. The Morgan fingerprint density at radius 1 is 1.00 bits per heavy atom. The van der Waals surface area contributed by atoms with Crippen LogP contribution in [0, 0.1) is 0 Å². The van der Waals surface area contributed by atoms with E-state index in [-0.39, 0.29) is 18.9 Å². The van der Waals surface area contributed by atoms with E-state index in [1.807, 2.05) is 37.3 Å². The Bertz CT molecular complexity index is 843. The molecule has 0 heterocycles. The molecule has 0 saturated heterocycles. The van der Waals surface area contributed by atoms with Gasteiger partial charge in [-0.25, -0.2) is 0 Å². The molecule has 2 rings (SSSR count). The summed E-state index contributed by atoms with van der Waals surface area (Å²) in [5.74, 6) is -1.45. The fraction of sp³-hybridized carbons (Fsp3) is 0.250. The van der Waals surface area contributed by atoms with Gasteiger partial charge in [-0.2, -0.15) is 0 Å². The quantitative estimate of drug-likeness (QED) is 0.626. The van der Waals surface area contributed by atoms with E-state index in [9.17, 15) is 14.4 Å². The molecule has 8 heteroatoms. The van der Waals surface area contributed by atoms with Crippen molar-refractivity contribution in [2.75, 3.05) is 11.9 Å². The Morgan fingerprint density at radius 2 is 1.71 bits per heavy atom. The predicted octanol–water partition coefficient (Wildman–Crippen LogP) is 4.13. The lowest BCUT2D eigenvalue weighted by Crippen LogP contribution is -2.31. The predicted molar refractivity (Wildman–Crippen MR) is 108 cm³/mol. The molecule has 1 atom stereocenters. The van der Waals surface area contributed by atoms with Gasteiger partial charge in [0.05, 0.1) is 23.2 Å². The Balaban J connectivity index is 1.69. The molecule has 2 amide bonds. The first-order chi connectivity index (χ1) is 13.3. The summed E-state index contributed by atoms with van der Waals surface area (Å²) >= 11 is 11.8. The van der Waals surface area contributed by atoms with Crippen LogP contribution in [-0.2, 0) is 19.1 Å². The van der Waals surface area contributed by atoms with E-state index in [2.05, 4.69) is 10.6 Å². The molecule has 0 aliphatic carbocycles. The van der Waals surface area contributed by atoms with Crippen LogP contribution in [0.15, 0.2) is 48.5 Å². The molecule has 0 aliphatic rings. The molecule has 0 bridgehead atoms. The van der Waals surface area contributed by atoms with Gasteiger partial charge in [0.15, 0.2) is 6.61 Å². The number of amides is 2. The highest BCUT2D eigenvalue weighted by Crippen LogP contribution is 2.25. The first kappa shape index (κ1) is 21.7. The second kappa shape index (κ2) is 10.7. The second-order valence-corrected chi connectivity index (χ2v) is 6.88. The standard InChI is InChI=1S/C20H20Cl2N2O4/c1-13(14-5-3-2-4-6-14)23-19(26)12-28-20(27)10-9-18(25)24-17-8-7-15(21)11-16(17)22/h2-8,11,13H,9-10,12H2,1H3,(H,23,26)(H,24,25)/t13-/m0/s1. The lowest BCUT2D eigenvalue weighted by atomic mass is 10.1. The molecule has 148 valence electrons. The highest BCUT2D eigenvalue weighted by molar-refractivity contribution is 6.36. The van der Waals surface area contributed by atoms with Gasteiger partial charge in [-0.3, -0.25) is 14.4 Å². The van der Waals surface area contributed by atoms with Crippen LogP contribution in [0.5, 0.6) is 0 Å². The van der Waals surface area contributed by atoms with Gasteiger partial charge in [-0.15, -0.1) is 0 Å². The summed E-state index contributed by atoms with van der Waals surface area (Å²) in [6.07, 6.45) is -0.252. The summed E-state index contributed by atoms with van der Waals surface area (Å²) in [5, 5.41) is 6.07. The monoisotopic (exact) mass is 422 g/mol. The normalized spacial score (nSPS) is 11.4. The van der Waals surface area contributed by atoms with Gasteiger partial charge >= 0.3 is 5.97 Å². The van der Waals surface area contributed by atoms with E-state index in [4.69, 9.17) is 27.9 Å². The van der Waals surface area contributed by atoms with Gasteiger partial charge in [0.2, 0.25) is 5.91 Å². The third kappa shape index (κ3) is 7.21. The van der Waals surface area contributed by atoms with Crippen molar-refractivity contribution in [1.29, 1.82) is 0 Å². The smallest absolute Gasteiger partial charge is 0.306 e. The van der Waals surface area contributed by atoms with Crippen LogP contribution in [0.25, 0.3) is 0 Å². The number of benzene rings is 2. The minimum absolute atomic E-state index is 0.0974. The van der Waals surface area contributed by atoms with Crippen molar-refractivity contribution >= 4 is 46.7 Å². The number of esters is 1. The van der Waals surface area contributed by atoms with Crippen molar-refractivity contribution in [3.63, 3.8) is 0 Å². The van der Waals surface area contributed by atoms with Crippen LogP contribution in [0.1, 0.15) is 31.4 Å². The molecule has 6 nitrogen and oxygen atoms in total. The highest BCUT2D eigenvalue weighted by atomic mass is 35.5. The molecule has 0 fully saturated rings. The maximum absolute atomic E-state index is 11.9. The van der Waals surface area contributed by atoms with Crippen molar-refractivity contribution in [3.05, 3.63) is 64.1 Å². The average Bonchev–Trinajstić information content (AvgIpc) is 2.67. The summed E-state index contributed by atoms with van der Waals surface area (Å²) in [4.78, 5) is 35.5. The minimum Gasteiger partial charge on any atom is -0.456 e. The number of hydrogen-bond donors (Lipinski definition) is 2. The number of ether oxygens (including phenoxy) is 1. The number of nitrogens with one attached hydrogen (secondary N) is 2. The van der Waals surface area contributed by atoms with E-state index >= 15 is 0 Å². The molecule has 2 aromatic rings. The third-order valence-corrected chi connectivity index (χ3v) is 4.35. The van der Waals surface area contributed by atoms with Crippen LogP contribution >= 0.6 is 23.2 Å². The summed E-state index contributed by atoms with van der Waals surface area (Å²) in [5.41, 5.74) is 1.35. The van der Waals surface area contributed by atoms with Gasteiger partial charge < -0.3 is 15.4 Å². The highest BCUT2D eigenvalue weighted by Gasteiger charge is 2.13. The van der Waals surface area contributed by atoms with Crippen LogP contribution in [-0.4, -0.2) is 24.4 Å². The zero-order valence-electron chi connectivity index (χ0n) is 15.2. The van der Waals surface area contributed by atoms with Gasteiger partial charge in [0.25, 0.3) is 5.91 Å². The van der Waals surface area contributed by atoms with Gasteiger partial charge in [0.1, 0.15) is 0 Å². The SMILES string of the molecule is C[C@H](NC(=O)COC(=O)CCC(=O)Nc1ccc(Cl)cc1Cl)c1ccccc1. The average molecular weight is 423 g/mol. The molecule has 2 aromatic carbocycles. The van der Waals surface area contributed by atoms with Crippen LogP contribution < -0.4 is 10.6 Å². The molecule has 2 N–H and O–H groups in total. The fourth-order valence-electron chi connectivity index (χ4n) is 2.35. The summed E-state index contributed by atoms with van der Waals surface area (Å²) in [6.45, 7) is 1.43. The van der Waals surface area contributed by atoms with E-state index in [0.717, 1.165) is 5.56 Å². The Morgan fingerprint density at radius 3 is 2.39 bits per heavy atom. The van der Waals surface area contributed by atoms with Crippen LogP contribution in [0.3, 0.4) is 0 Å². The van der Waals surface area contributed by atoms with Gasteiger partial charge in [0, 0.05) is 11.4 Å².